The van der Waals surface area contributed by atoms with Crippen molar-refractivity contribution in [2.75, 3.05) is 6.67 Å². The number of carbonyl (C=O) groups is 3. The van der Waals surface area contributed by atoms with Gasteiger partial charge in [-0.2, -0.15) is 0 Å². The highest BCUT2D eigenvalue weighted by molar-refractivity contribution is 5.93. The Morgan fingerprint density at radius 2 is 2.04 bits per heavy atom. The van der Waals surface area contributed by atoms with Gasteiger partial charge in [0.25, 0.3) is 5.56 Å². The summed E-state index contributed by atoms with van der Waals surface area (Å²) in [5, 5.41) is 12.4. The van der Waals surface area contributed by atoms with Gasteiger partial charge in [0, 0.05) is 11.1 Å². The molecule has 0 saturated carbocycles. The second-order valence-electron chi connectivity index (χ2n) is 6.21. The Bertz CT molecular complexity index is 952. The molecule has 3 rings (SSSR count). The number of carbonyl (C=O) groups excluding carboxylic acids is 2. The molecule has 0 aliphatic carbocycles. The van der Waals surface area contributed by atoms with E-state index in [1.165, 1.54) is 4.57 Å². The van der Waals surface area contributed by atoms with E-state index in [2.05, 4.69) is 5.32 Å². The van der Waals surface area contributed by atoms with E-state index in [9.17, 15) is 23.6 Å². The molecule has 2 heterocycles. The van der Waals surface area contributed by atoms with E-state index in [0.717, 1.165) is 5.39 Å². The first-order chi connectivity index (χ1) is 12.4. The third-order valence-electron chi connectivity index (χ3n) is 4.55. The van der Waals surface area contributed by atoms with E-state index in [0.29, 0.717) is 23.9 Å². The van der Waals surface area contributed by atoms with Crippen molar-refractivity contribution in [2.24, 2.45) is 0 Å². The molecule has 136 valence electrons. The number of benzene rings is 1. The third kappa shape index (κ3) is 3.22. The Hall–Kier alpha value is -3.03. The van der Waals surface area contributed by atoms with Crippen LogP contribution in [0, 0.1) is 0 Å². The van der Waals surface area contributed by atoms with Gasteiger partial charge in [-0.15, -0.1) is 0 Å². The first-order valence-corrected chi connectivity index (χ1v) is 8.16. The summed E-state index contributed by atoms with van der Waals surface area (Å²) in [6, 6.07) is 6.55. The number of aliphatic carboxylic acids is 1. The normalized spacial score (nSPS) is 16.9. The lowest BCUT2D eigenvalue weighted by atomic mass is 10.1. The quantitative estimate of drug-likeness (QED) is 0.799. The molecule has 0 fully saturated rings. The molecule has 0 unspecified atom stereocenters. The van der Waals surface area contributed by atoms with E-state index < -0.39 is 42.8 Å². The Morgan fingerprint density at radius 3 is 2.73 bits per heavy atom. The van der Waals surface area contributed by atoms with Gasteiger partial charge < -0.3 is 10.4 Å². The van der Waals surface area contributed by atoms with E-state index in [-0.39, 0.29) is 5.56 Å². The summed E-state index contributed by atoms with van der Waals surface area (Å²) in [5.74, 6) is -2.99. The van der Waals surface area contributed by atoms with Crippen molar-refractivity contribution in [3.05, 3.63) is 46.4 Å². The maximum Gasteiger partial charge on any atom is 0.305 e. The Balaban J connectivity index is 1.91. The number of fused-ring (bicyclic) bond motifs is 2. The number of Topliss-reactive ketones (excluding diaryl/α,β-unsaturated/α-hetero) is 1. The van der Waals surface area contributed by atoms with Crippen LogP contribution >= 0.6 is 0 Å². The van der Waals surface area contributed by atoms with Crippen molar-refractivity contribution in [1.29, 1.82) is 0 Å². The van der Waals surface area contributed by atoms with E-state index in [4.69, 9.17) is 5.11 Å². The van der Waals surface area contributed by atoms with E-state index in [1.807, 2.05) is 18.2 Å². The van der Waals surface area contributed by atoms with Crippen LogP contribution < -0.4 is 10.9 Å². The fourth-order valence-electron chi connectivity index (χ4n) is 3.30. The molecule has 26 heavy (non-hydrogen) atoms. The summed E-state index contributed by atoms with van der Waals surface area (Å²) in [4.78, 5) is 47.7. The molecule has 0 saturated heterocycles. The number of ketones is 1. The number of pyridine rings is 1. The second-order valence-corrected chi connectivity index (χ2v) is 6.21. The molecule has 0 bridgehead atoms. The molecule has 1 aliphatic heterocycles. The average molecular weight is 360 g/mol. The number of carboxylic acid groups (broad SMARTS) is 1. The molecule has 2 aromatic rings. The van der Waals surface area contributed by atoms with Crippen LogP contribution in [0.4, 0.5) is 4.39 Å². The summed E-state index contributed by atoms with van der Waals surface area (Å²) in [5.41, 5.74) is 0.378. The second kappa shape index (κ2) is 7.07. The lowest BCUT2D eigenvalue weighted by molar-refractivity contribution is -0.140. The molecule has 1 amide bonds. The number of alkyl halides is 1. The molecular weight excluding hydrogens is 343 g/mol. The first-order valence-electron chi connectivity index (χ1n) is 8.16. The van der Waals surface area contributed by atoms with E-state index >= 15 is 0 Å². The molecule has 1 aromatic heterocycles. The number of hydrogen-bond donors (Lipinski definition) is 2. The number of aryl methyl sites for hydroxylation is 1. The molecule has 8 heteroatoms. The van der Waals surface area contributed by atoms with Crippen molar-refractivity contribution in [2.45, 2.75) is 31.3 Å². The minimum atomic E-state index is -1.45. The zero-order chi connectivity index (χ0) is 18.8. The molecule has 0 spiro atoms. The lowest BCUT2D eigenvalue weighted by Gasteiger charge is -2.19. The SMILES string of the molecule is O=C(O)C[C@H](NC(=O)[C@H]1CCc2cc3ccccc3c(=O)n21)C(=O)CF. The highest BCUT2D eigenvalue weighted by Gasteiger charge is 2.33. The largest absolute Gasteiger partial charge is 0.481 e. The zero-order valence-corrected chi connectivity index (χ0v) is 13.8. The van der Waals surface area contributed by atoms with Crippen LogP contribution in [0.1, 0.15) is 24.6 Å². The molecule has 0 radical (unpaired) electrons. The summed E-state index contributed by atoms with van der Waals surface area (Å²) in [7, 11) is 0. The van der Waals surface area contributed by atoms with Crippen molar-refractivity contribution in [3.63, 3.8) is 0 Å². The van der Waals surface area contributed by atoms with Gasteiger partial charge in [-0.1, -0.05) is 18.2 Å². The van der Waals surface area contributed by atoms with Gasteiger partial charge in [-0.25, -0.2) is 4.39 Å². The van der Waals surface area contributed by atoms with Gasteiger partial charge in [-0.05, 0) is 30.4 Å². The average Bonchev–Trinajstić information content (AvgIpc) is 3.04. The predicted molar refractivity (Wildman–Crippen MR) is 90.7 cm³/mol. The van der Waals surface area contributed by atoms with Crippen LogP contribution in [-0.2, 0) is 20.8 Å². The van der Waals surface area contributed by atoms with Gasteiger partial charge in [0.2, 0.25) is 5.91 Å². The van der Waals surface area contributed by atoms with Crippen molar-refractivity contribution in [1.82, 2.24) is 9.88 Å². The molecule has 1 aliphatic rings. The van der Waals surface area contributed by atoms with Crippen LogP contribution in [0.15, 0.2) is 35.1 Å². The molecule has 1 aromatic carbocycles. The maximum absolute atomic E-state index is 12.8. The topological polar surface area (TPSA) is 105 Å². The number of rotatable bonds is 6. The number of nitrogens with one attached hydrogen (secondary N) is 1. The summed E-state index contributed by atoms with van der Waals surface area (Å²) >= 11 is 0. The van der Waals surface area contributed by atoms with Gasteiger partial charge in [-0.3, -0.25) is 23.7 Å². The van der Waals surface area contributed by atoms with Crippen LogP contribution in [-0.4, -0.2) is 40.0 Å². The Morgan fingerprint density at radius 1 is 1.31 bits per heavy atom. The van der Waals surface area contributed by atoms with E-state index in [1.54, 1.807) is 12.1 Å². The van der Waals surface area contributed by atoms with Crippen molar-refractivity contribution >= 4 is 28.4 Å². The summed E-state index contributed by atoms with van der Waals surface area (Å²) in [6.45, 7) is -1.37. The monoisotopic (exact) mass is 360 g/mol. The molecule has 2 atom stereocenters. The fraction of sp³-hybridized carbons (Fsp3) is 0.333. The standard InChI is InChI=1S/C18H17FN2O5/c19-9-15(22)13(8-16(23)24)20-17(25)14-6-5-11-7-10-3-1-2-4-12(10)18(26)21(11)14/h1-4,7,13-14H,5-6,8-9H2,(H,20,25)(H,23,24)/t13-,14+/m0/s1. The Kier molecular flexibility index (Phi) is 4.83. The highest BCUT2D eigenvalue weighted by Crippen LogP contribution is 2.26. The zero-order valence-electron chi connectivity index (χ0n) is 13.8. The molecule has 7 nitrogen and oxygen atoms in total. The fourth-order valence-corrected chi connectivity index (χ4v) is 3.30. The van der Waals surface area contributed by atoms with Gasteiger partial charge in [0.1, 0.15) is 18.8 Å². The van der Waals surface area contributed by atoms with Gasteiger partial charge in [0.15, 0.2) is 5.78 Å². The van der Waals surface area contributed by atoms with Crippen LogP contribution in [0.25, 0.3) is 10.8 Å². The first kappa shape index (κ1) is 17.8. The lowest BCUT2D eigenvalue weighted by Crippen LogP contribution is -2.46. The van der Waals surface area contributed by atoms with Crippen LogP contribution in [0.2, 0.25) is 0 Å². The summed E-state index contributed by atoms with van der Waals surface area (Å²) in [6.07, 6.45) is 0.139. The van der Waals surface area contributed by atoms with Crippen LogP contribution in [0.5, 0.6) is 0 Å². The van der Waals surface area contributed by atoms with Crippen molar-refractivity contribution < 1.29 is 23.9 Å². The number of amides is 1. The number of halogens is 1. The third-order valence-corrected chi connectivity index (χ3v) is 4.55. The minimum absolute atomic E-state index is 0.317. The number of aromatic nitrogens is 1. The van der Waals surface area contributed by atoms with Gasteiger partial charge in [0.05, 0.1) is 6.42 Å². The van der Waals surface area contributed by atoms with Gasteiger partial charge >= 0.3 is 5.97 Å². The predicted octanol–water partition coefficient (Wildman–Crippen LogP) is 0.987. The number of carboxylic acids is 1. The minimum Gasteiger partial charge on any atom is -0.481 e. The van der Waals surface area contributed by atoms with Crippen LogP contribution in [0.3, 0.4) is 0 Å². The number of hydrogen-bond acceptors (Lipinski definition) is 4. The molecular formula is C18H17FN2O5. The smallest absolute Gasteiger partial charge is 0.305 e. The summed E-state index contributed by atoms with van der Waals surface area (Å²) < 4.78 is 14.0. The maximum atomic E-state index is 12.8. The highest BCUT2D eigenvalue weighted by atomic mass is 19.1. The number of nitrogens with zero attached hydrogens (tertiary/aromatic N) is 1. The molecule has 2 N–H and O–H groups in total. The van der Waals surface area contributed by atoms with Crippen molar-refractivity contribution in [3.8, 4) is 0 Å². The Labute approximate surface area is 147 Å².